The first-order valence-corrected chi connectivity index (χ1v) is 7.92. The lowest BCUT2D eigenvalue weighted by Crippen LogP contribution is -2.40. The fourth-order valence-electron chi connectivity index (χ4n) is 2.36. The number of ether oxygens (including phenoxy) is 3. The van der Waals surface area contributed by atoms with Gasteiger partial charge in [-0.1, -0.05) is 30.3 Å². The van der Waals surface area contributed by atoms with Crippen LogP contribution in [0.15, 0.2) is 48.5 Å². The molecule has 0 spiro atoms. The van der Waals surface area contributed by atoms with E-state index in [9.17, 15) is 9.90 Å². The number of aliphatic hydroxyl groups is 1. The molecule has 2 aromatic rings. The van der Waals surface area contributed by atoms with Crippen LogP contribution in [0.3, 0.4) is 0 Å². The average molecular weight is 344 g/mol. The van der Waals surface area contributed by atoms with Gasteiger partial charge in [-0.05, 0) is 17.7 Å². The summed E-state index contributed by atoms with van der Waals surface area (Å²) in [5, 5.41) is 12.6. The van der Waals surface area contributed by atoms with Crippen LogP contribution in [0, 0.1) is 0 Å². The molecule has 0 aromatic heterocycles. The molecule has 1 aliphatic heterocycles. The maximum absolute atomic E-state index is 12.0. The second kappa shape index (κ2) is 7.87. The lowest BCUT2D eigenvalue weighted by molar-refractivity contribution is -0.123. The molecule has 1 heterocycles. The van der Waals surface area contributed by atoms with E-state index >= 15 is 0 Å². The quantitative estimate of drug-likeness (QED) is 0.692. The number of nitrogens with two attached hydrogens (primary N) is 1. The van der Waals surface area contributed by atoms with E-state index in [2.05, 4.69) is 5.32 Å². The first-order valence-electron chi connectivity index (χ1n) is 7.92. The molecule has 2 unspecified atom stereocenters. The van der Waals surface area contributed by atoms with Crippen LogP contribution in [-0.2, 0) is 4.79 Å². The topological polar surface area (TPSA) is 103 Å². The van der Waals surface area contributed by atoms with Crippen molar-refractivity contribution in [3.05, 3.63) is 54.1 Å². The Hall–Kier alpha value is -2.77. The van der Waals surface area contributed by atoms with Crippen molar-refractivity contribution < 1.29 is 24.1 Å². The number of carbonyl (C=O) groups is 1. The van der Waals surface area contributed by atoms with Gasteiger partial charge in [-0.2, -0.15) is 0 Å². The molecule has 0 fully saturated rings. The van der Waals surface area contributed by atoms with Crippen LogP contribution in [0.2, 0.25) is 0 Å². The number of carbonyl (C=O) groups excluding carboxylic acids is 1. The Labute approximate surface area is 145 Å². The minimum atomic E-state index is -0.864. The maximum Gasteiger partial charge on any atom is 0.241 e. The number of aliphatic hydroxyl groups excluding tert-OH is 1. The normalized spacial score (nSPS) is 14.6. The van der Waals surface area contributed by atoms with E-state index in [1.54, 1.807) is 30.3 Å². The van der Waals surface area contributed by atoms with Gasteiger partial charge in [0.15, 0.2) is 11.5 Å². The molecule has 7 heteroatoms. The first kappa shape index (κ1) is 17.1. The Kier molecular flexibility index (Phi) is 5.37. The van der Waals surface area contributed by atoms with Gasteiger partial charge >= 0.3 is 0 Å². The third-order valence-corrected chi connectivity index (χ3v) is 3.74. The molecule has 2 atom stereocenters. The van der Waals surface area contributed by atoms with E-state index in [4.69, 9.17) is 19.9 Å². The van der Waals surface area contributed by atoms with Crippen molar-refractivity contribution in [1.82, 2.24) is 5.32 Å². The Morgan fingerprint density at radius 2 is 1.96 bits per heavy atom. The fourth-order valence-corrected chi connectivity index (χ4v) is 2.36. The van der Waals surface area contributed by atoms with Crippen molar-refractivity contribution in [2.45, 2.75) is 12.1 Å². The van der Waals surface area contributed by atoms with Crippen molar-refractivity contribution in [2.24, 2.45) is 5.73 Å². The lowest BCUT2D eigenvalue weighted by atomic mass is 10.1. The summed E-state index contributed by atoms with van der Waals surface area (Å²) in [5.74, 6) is 1.47. The van der Waals surface area contributed by atoms with Crippen molar-refractivity contribution in [3.63, 3.8) is 0 Å². The Morgan fingerprint density at radius 3 is 2.76 bits per heavy atom. The van der Waals surface area contributed by atoms with Crippen molar-refractivity contribution in [1.29, 1.82) is 0 Å². The Bertz CT molecular complexity index is 723. The van der Waals surface area contributed by atoms with E-state index in [0.29, 0.717) is 22.8 Å². The minimum absolute atomic E-state index is 0.0283. The fraction of sp³-hybridized carbons (Fsp3) is 0.278. The van der Waals surface area contributed by atoms with Gasteiger partial charge in [0, 0.05) is 12.6 Å². The highest BCUT2D eigenvalue weighted by Crippen LogP contribution is 2.35. The van der Waals surface area contributed by atoms with E-state index in [1.807, 2.05) is 18.2 Å². The van der Waals surface area contributed by atoms with Crippen molar-refractivity contribution in [3.8, 4) is 17.2 Å². The number of hydrogen-bond acceptors (Lipinski definition) is 6. The summed E-state index contributed by atoms with van der Waals surface area (Å²) in [4.78, 5) is 12.0. The van der Waals surface area contributed by atoms with Crippen LogP contribution in [-0.4, -0.2) is 37.1 Å². The largest absolute Gasteiger partial charge is 0.491 e. The van der Waals surface area contributed by atoms with E-state index < -0.39 is 12.1 Å². The van der Waals surface area contributed by atoms with Gasteiger partial charge < -0.3 is 30.4 Å². The summed E-state index contributed by atoms with van der Waals surface area (Å²) in [6.45, 7) is 0.263. The highest BCUT2D eigenvalue weighted by atomic mass is 16.7. The van der Waals surface area contributed by atoms with Crippen LogP contribution >= 0.6 is 0 Å². The molecule has 2 aromatic carbocycles. The average Bonchev–Trinajstić information content (AvgIpc) is 3.12. The van der Waals surface area contributed by atoms with Gasteiger partial charge in [-0.25, -0.2) is 0 Å². The number of hydrogen-bond donors (Lipinski definition) is 3. The molecule has 1 aliphatic rings. The van der Waals surface area contributed by atoms with E-state index in [0.717, 1.165) is 0 Å². The molecule has 132 valence electrons. The predicted octanol–water partition coefficient (Wildman–Crippen LogP) is 0.971. The van der Waals surface area contributed by atoms with Crippen LogP contribution in [0.1, 0.15) is 11.6 Å². The van der Waals surface area contributed by atoms with Crippen molar-refractivity contribution in [2.75, 3.05) is 19.9 Å². The zero-order chi connectivity index (χ0) is 17.6. The number of rotatable bonds is 7. The molecular weight excluding hydrogens is 324 g/mol. The van der Waals surface area contributed by atoms with Gasteiger partial charge in [-0.3, -0.25) is 4.79 Å². The number of amides is 1. The molecule has 25 heavy (non-hydrogen) atoms. The van der Waals surface area contributed by atoms with Crippen LogP contribution in [0.25, 0.3) is 0 Å². The molecule has 0 saturated heterocycles. The summed E-state index contributed by atoms with van der Waals surface area (Å²) in [6, 6.07) is 13.4. The SMILES string of the molecule is NC(C(=O)NCC(O)COc1ccc2c(c1)OCO2)c1ccccc1. The molecule has 0 radical (unpaired) electrons. The molecule has 4 N–H and O–H groups in total. The Morgan fingerprint density at radius 1 is 1.20 bits per heavy atom. The third kappa shape index (κ3) is 4.40. The molecule has 0 saturated carbocycles. The second-order valence-electron chi connectivity index (χ2n) is 5.61. The summed E-state index contributed by atoms with van der Waals surface area (Å²) in [6.07, 6.45) is -0.864. The summed E-state index contributed by atoms with van der Waals surface area (Å²) >= 11 is 0. The van der Waals surface area contributed by atoms with Crippen LogP contribution < -0.4 is 25.3 Å². The predicted molar refractivity (Wildman–Crippen MR) is 90.4 cm³/mol. The molecule has 0 bridgehead atoms. The third-order valence-electron chi connectivity index (χ3n) is 3.74. The molecule has 0 aliphatic carbocycles. The maximum atomic E-state index is 12.0. The minimum Gasteiger partial charge on any atom is -0.491 e. The van der Waals surface area contributed by atoms with E-state index in [1.165, 1.54) is 0 Å². The van der Waals surface area contributed by atoms with Crippen LogP contribution in [0.5, 0.6) is 17.2 Å². The molecule has 3 rings (SSSR count). The smallest absolute Gasteiger partial charge is 0.241 e. The van der Waals surface area contributed by atoms with Crippen LogP contribution in [0.4, 0.5) is 0 Å². The van der Waals surface area contributed by atoms with Crippen molar-refractivity contribution >= 4 is 5.91 Å². The molecule has 7 nitrogen and oxygen atoms in total. The molecule has 1 amide bonds. The number of nitrogens with one attached hydrogen (secondary N) is 1. The standard InChI is InChI=1S/C18H20N2O5/c19-17(12-4-2-1-3-5-12)18(22)20-9-13(21)10-23-14-6-7-15-16(8-14)25-11-24-15/h1-8,13,17,21H,9-11,19H2,(H,20,22). The highest BCUT2D eigenvalue weighted by Gasteiger charge is 2.17. The van der Waals surface area contributed by atoms with E-state index in [-0.39, 0.29) is 25.9 Å². The van der Waals surface area contributed by atoms with Gasteiger partial charge in [-0.15, -0.1) is 0 Å². The Balaban J connectivity index is 1.43. The lowest BCUT2D eigenvalue weighted by Gasteiger charge is -2.16. The zero-order valence-electron chi connectivity index (χ0n) is 13.6. The van der Waals surface area contributed by atoms with Gasteiger partial charge in [0.2, 0.25) is 12.7 Å². The summed E-state index contributed by atoms with van der Waals surface area (Å²) in [7, 11) is 0. The summed E-state index contributed by atoms with van der Waals surface area (Å²) in [5.41, 5.74) is 6.61. The zero-order valence-corrected chi connectivity index (χ0v) is 13.6. The highest BCUT2D eigenvalue weighted by molar-refractivity contribution is 5.82. The van der Waals surface area contributed by atoms with Gasteiger partial charge in [0.1, 0.15) is 24.5 Å². The van der Waals surface area contributed by atoms with Gasteiger partial charge in [0.05, 0.1) is 0 Å². The summed E-state index contributed by atoms with van der Waals surface area (Å²) < 4.78 is 16.0. The molecular formula is C18H20N2O5. The number of fused-ring (bicyclic) bond motifs is 1. The first-order chi connectivity index (χ1) is 12.1. The number of benzene rings is 2. The monoisotopic (exact) mass is 344 g/mol. The van der Waals surface area contributed by atoms with Gasteiger partial charge in [0.25, 0.3) is 0 Å². The second-order valence-corrected chi connectivity index (χ2v) is 5.61.